The topological polar surface area (TPSA) is 36.8 Å². The van der Waals surface area contributed by atoms with E-state index in [1.165, 1.54) is 24.3 Å². The van der Waals surface area contributed by atoms with E-state index in [-0.39, 0.29) is 0 Å². The summed E-state index contributed by atoms with van der Waals surface area (Å²) in [4.78, 5) is 0. The van der Waals surface area contributed by atoms with Crippen LogP contribution in [0.4, 0.5) is 0 Å². The van der Waals surface area contributed by atoms with Gasteiger partial charge in [0.1, 0.15) is 0 Å². The van der Waals surface area contributed by atoms with Gasteiger partial charge in [0, 0.05) is 29.8 Å². The van der Waals surface area contributed by atoms with Crippen molar-refractivity contribution in [2.75, 3.05) is 6.54 Å². The lowest BCUT2D eigenvalue weighted by molar-refractivity contribution is 0.375. The molecule has 3 heteroatoms. The van der Waals surface area contributed by atoms with Gasteiger partial charge < -0.3 is 5.32 Å². The summed E-state index contributed by atoms with van der Waals surface area (Å²) in [5.41, 5.74) is 2.48. The molecule has 0 aliphatic carbocycles. The normalized spacial score (nSPS) is 34.3. The van der Waals surface area contributed by atoms with Crippen LogP contribution in [-0.2, 0) is 0 Å². The summed E-state index contributed by atoms with van der Waals surface area (Å²) < 4.78 is 0. The Morgan fingerprint density at radius 2 is 2.23 bits per heavy atom. The highest BCUT2D eigenvalue weighted by molar-refractivity contribution is 6.07. The molecule has 2 heterocycles. The zero-order valence-electron chi connectivity index (χ0n) is 8.38. The molecular formula is C10H17N3. The smallest absolute Gasteiger partial charge is 0.0494 e. The van der Waals surface area contributed by atoms with Crippen molar-refractivity contribution in [1.29, 1.82) is 0 Å². The van der Waals surface area contributed by atoms with Gasteiger partial charge in [-0.2, -0.15) is 10.2 Å². The summed E-state index contributed by atoms with van der Waals surface area (Å²) in [6, 6.07) is 0.641. The third-order valence-corrected chi connectivity index (χ3v) is 2.88. The molecule has 2 atom stereocenters. The predicted octanol–water partition coefficient (Wildman–Crippen LogP) is 1.60. The molecule has 0 aromatic rings. The van der Waals surface area contributed by atoms with E-state index in [0.29, 0.717) is 12.0 Å². The number of piperidine rings is 1. The molecule has 0 saturated carbocycles. The van der Waals surface area contributed by atoms with Crippen LogP contribution in [0.3, 0.4) is 0 Å². The molecule has 2 rings (SSSR count). The molecule has 1 N–H and O–H groups in total. The van der Waals surface area contributed by atoms with Gasteiger partial charge in [0.25, 0.3) is 0 Å². The van der Waals surface area contributed by atoms with Crippen LogP contribution in [0.25, 0.3) is 0 Å². The number of hydrogen-bond acceptors (Lipinski definition) is 3. The molecule has 1 saturated heterocycles. The molecular weight excluding hydrogens is 162 g/mol. The van der Waals surface area contributed by atoms with Gasteiger partial charge in [0.15, 0.2) is 0 Å². The fourth-order valence-corrected chi connectivity index (χ4v) is 2.14. The summed E-state index contributed by atoms with van der Waals surface area (Å²) >= 11 is 0. The van der Waals surface area contributed by atoms with Gasteiger partial charge in [-0.15, -0.1) is 0 Å². The first kappa shape index (κ1) is 8.88. The van der Waals surface area contributed by atoms with Crippen molar-refractivity contribution < 1.29 is 0 Å². The minimum Gasteiger partial charge on any atom is -0.314 e. The van der Waals surface area contributed by atoms with Crippen LogP contribution in [0, 0.1) is 5.92 Å². The molecule has 13 heavy (non-hydrogen) atoms. The molecule has 2 aliphatic heterocycles. The van der Waals surface area contributed by atoms with Crippen molar-refractivity contribution in [3.05, 3.63) is 0 Å². The van der Waals surface area contributed by atoms with E-state index in [0.717, 1.165) is 13.0 Å². The fraction of sp³-hybridized carbons (Fsp3) is 0.800. The Kier molecular flexibility index (Phi) is 2.44. The molecule has 1 fully saturated rings. The van der Waals surface area contributed by atoms with Crippen LogP contribution in [0.1, 0.15) is 33.1 Å². The second-order valence-corrected chi connectivity index (χ2v) is 4.18. The zero-order chi connectivity index (χ0) is 9.26. The van der Waals surface area contributed by atoms with Crippen molar-refractivity contribution in [2.24, 2.45) is 16.1 Å². The van der Waals surface area contributed by atoms with Crippen LogP contribution in [-0.4, -0.2) is 24.0 Å². The van der Waals surface area contributed by atoms with Gasteiger partial charge >= 0.3 is 0 Å². The second-order valence-electron chi connectivity index (χ2n) is 4.18. The highest BCUT2D eigenvalue weighted by Gasteiger charge is 2.25. The lowest BCUT2D eigenvalue weighted by Gasteiger charge is -2.27. The molecule has 0 aromatic heterocycles. The SMILES string of the molecule is CC1=NN=C(C2CCNC(C)C2)C1. The van der Waals surface area contributed by atoms with Crippen molar-refractivity contribution in [2.45, 2.75) is 39.2 Å². The van der Waals surface area contributed by atoms with E-state index in [1.54, 1.807) is 0 Å². The Balaban J connectivity index is 1.95. The minimum atomic E-state index is 0.641. The molecule has 2 aliphatic rings. The third-order valence-electron chi connectivity index (χ3n) is 2.88. The van der Waals surface area contributed by atoms with Gasteiger partial charge in [-0.25, -0.2) is 0 Å². The molecule has 2 unspecified atom stereocenters. The molecule has 0 radical (unpaired) electrons. The Bertz CT molecular complexity index is 255. The van der Waals surface area contributed by atoms with Gasteiger partial charge in [-0.1, -0.05) is 0 Å². The Morgan fingerprint density at radius 3 is 2.85 bits per heavy atom. The molecule has 3 nitrogen and oxygen atoms in total. The third kappa shape index (κ3) is 1.97. The van der Waals surface area contributed by atoms with Gasteiger partial charge in [-0.05, 0) is 33.2 Å². The van der Waals surface area contributed by atoms with Crippen LogP contribution in [0.15, 0.2) is 10.2 Å². The first-order valence-corrected chi connectivity index (χ1v) is 5.09. The number of hydrogen-bond donors (Lipinski definition) is 1. The predicted molar refractivity (Wildman–Crippen MR) is 55.3 cm³/mol. The van der Waals surface area contributed by atoms with E-state index >= 15 is 0 Å². The highest BCUT2D eigenvalue weighted by atomic mass is 15.2. The first-order valence-electron chi connectivity index (χ1n) is 5.09. The maximum Gasteiger partial charge on any atom is 0.0494 e. The van der Waals surface area contributed by atoms with E-state index in [9.17, 15) is 0 Å². The molecule has 72 valence electrons. The van der Waals surface area contributed by atoms with Crippen molar-refractivity contribution in [3.8, 4) is 0 Å². The standard InChI is InChI=1S/C10H17N3/c1-7-5-9(3-4-11-7)10-6-8(2)12-13-10/h7,9,11H,3-6H2,1-2H3. The summed E-state index contributed by atoms with van der Waals surface area (Å²) in [5.74, 6) is 0.678. The van der Waals surface area contributed by atoms with Crippen LogP contribution < -0.4 is 5.32 Å². The van der Waals surface area contributed by atoms with E-state index < -0.39 is 0 Å². The van der Waals surface area contributed by atoms with Gasteiger partial charge in [-0.3, -0.25) is 0 Å². The van der Waals surface area contributed by atoms with Crippen molar-refractivity contribution >= 4 is 11.4 Å². The second kappa shape index (κ2) is 3.58. The fourth-order valence-electron chi connectivity index (χ4n) is 2.14. The summed E-state index contributed by atoms with van der Waals surface area (Å²) in [5, 5.41) is 11.8. The monoisotopic (exact) mass is 179 g/mol. The van der Waals surface area contributed by atoms with E-state index in [4.69, 9.17) is 0 Å². The average molecular weight is 179 g/mol. The van der Waals surface area contributed by atoms with Crippen molar-refractivity contribution in [3.63, 3.8) is 0 Å². The molecule has 0 bridgehead atoms. The quantitative estimate of drug-likeness (QED) is 0.652. The largest absolute Gasteiger partial charge is 0.314 e. The average Bonchev–Trinajstić information content (AvgIpc) is 2.52. The Hall–Kier alpha value is -0.700. The number of nitrogens with zero attached hydrogens (tertiary/aromatic N) is 2. The van der Waals surface area contributed by atoms with E-state index in [2.05, 4.69) is 29.4 Å². The van der Waals surface area contributed by atoms with Crippen molar-refractivity contribution in [1.82, 2.24) is 5.32 Å². The molecule has 0 aromatic carbocycles. The van der Waals surface area contributed by atoms with Gasteiger partial charge in [0.05, 0.1) is 0 Å². The summed E-state index contributed by atoms with van der Waals surface area (Å²) in [7, 11) is 0. The highest BCUT2D eigenvalue weighted by Crippen LogP contribution is 2.22. The lowest BCUT2D eigenvalue weighted by atomic mass is 9.87. The summed E-state index contributed by atoms with van der Waals surface area (Å²) in [6.45, 7) is 5.43. The minimum absolute atomic E-state index is 0.641. The van der Waals surface area contributed by atoms with Crippen LogP contribution in [0.2, 0.25) is 0 Å². The Labute approximate surface area is 79.3 Å². The number of rotatable bonds is 1. The molecule has 0 spiro atoms. The van der Waals surface area contributed by atoms with Gasteiger partial charge in [0.2, 0.25) is 0 Å². The molecule has 0 amide bonds. The summed E-state index contributed by atoms with van der Waals surface area (Å²) in [6.07, 6.45) is 3.46. The lowest BCUT2D eigenvalue weighted by Crippen LogP contribution is -2.38. The number of nitrogens with one attached hydrogen (secondary N) is 1. The maximum absolute atomic E-state index is 4.25. The van der Waals surface area contributed by atoms with Crippen LogP contribution >= 0.6 is 0 Å². The van der Waals surface area contributed by atoms with Crippen LogP contribution in [0.5, 0.6) is 0 Å². The maximum atomic E-state index is 4.25. The first-order chi connectivity index (χ1) is 6.25. The zero-order valence-corrected chi connectivity index (χ0v) is 8.38. The Morgan fingerprint density at radius 1 is 1.38 bits per heavy atom. The van der Waals surface area contributed by atoms with E-state index in [1.807, 2.05) is 0 Å².